The third-order valence-electron chi connectivity index (χ3n) is 5.82. The summed E-state index contributed by atoms with van der Waals surface area (Å²) in [5, 5.41) is 14.2. The molecule has 7 nitrogen and oxygen atoms in total. The number of nitrogens with one attached hydrogen (secondary N) is 1. The molecule has 0 saturated carbocycles. The van der Waals surface area contributed by atoms with E-state index >= 15 is 0 Å². The van der Waals surface area contributed by atoms with E-state index in [2.05, 4.69) is 5.32 Å². The number of amides is 1. The highest BCUT2D eigenvalue weighted by molar-refractivity contribution is 6.30. The lowest BCUT2D eigenvalue weighted by Gasteiger charge is -2.17. The number of hydrogen-bond acceptors (Lipinski definition) is 5. The van der Waals surface area contributed by atoms with Gasteiger partial charge in [0.2, 0.25) is 5.91 Å². The molecule has 2 N–H and O–H groups in total. The number of carboxylic acids is 1. The fraction of sp³-hybridized carbons (Fsp3) is 0.240. The number of carbonyl (C=O) groups is 2. The fourth-order valence-corrected chi connectivity index (χ4v) is 4.08. The van der Waals surface area contributed by atoms with Gasteiger partial charge in [0.05, 0.1) is 24.7 Å². The van der Waals surface area contributed by atoms with E-state index in [0.29, 0.717) is 21.8 Å². The van der Waals surface area contributed by atoms with E-state index in [1.165, 1.54) is 0 Å². The molecule has 0 aliphatic rings. The van der Waals surface area contributed by atoms with Crippen LogP contribution < -0.4 is 10.9 Å². The quantitative estimate of drug-likeness (QED) is 0.380. The Labute approximate surface area is 194 Å². The molecular weight excluding hydrogens is 446 g/mol. The summed E-state index contributed by atoms with van der Waals surface area (Å²) in [4.78, 5) is 36.6. The van der Waals surface area contributed by atoms with Gasteiger partial charge < -0.3 is 19.3 Å². The molecule has 0 fully saturated rings. The minimum absolute atomic E-state index is 0.111. The van der Waals surface area contributed by atoms with Gasteiger partial charge in [-0.3, -0.25) is 9.59 Å². The zero-order chi connectivity index (χ0) is 23.7. The van der Waals surface area contributed by atoms with Crippen molar-refractivity contribution in [1.29, 1.82) is 0 Å². The Bertz CT molecular complexity index is 1420. The van der Waals surface area contributed by atoms with Crippen LogP contribution in [-0.4, -0.2) is 23.5 Å². The maximum atomic E-state index is 12.7. The number of aryl methyl sites for hydroxylation is 2. The first-order valence-electron chi connectivity index (χ1n) is 10.4. The van der Waals surface area contributed by atoms with Crippen LogP contribution in [0.3, 0.4) is 0 Å². The number of fused-ring (bicyclic) bond motifs is 2. The molecule has 4 rings (SSSR count). The third-order valence-corrected chi connectivity index (χ3v) is 6.07. The molecule has 0 bridgehead atoms. The van der Waals surface area contributed by atoms with Gasteiger partial charge in [-0.2, -0.15) is 0 Å². The number of carboxylic acid groups (broad SMARTS) is 1. The van der Waals surface area contributed by atoms with Crippen molar-refractivity contribution >= 4 is 45.4 Å². The van der Waals surface area contributed by atoms with Crippen molar-refractivity contribution in [3.05, 3.63) is 80.4 Å². The van der Waals surface area contributed by atoms with Gasteiger partial charge in [-0.25, -0.2) is 4.79 Å². The smallest absolute Gasteiger partial charge is 0.340 e. The van der Waals surface area contributed by atoms with Crippen molar-refractivity contribution < 1.29 is 23.5 Å². The lowest BCUT2D eigenvalue weighted by Crippen LogP contribution is -2.32. The molecule has 0 aliphatic carbocycles. The van der Waals surface area contributed by atoms with E-state index < -0.39 is 23.4 Å². The number of hydrogen-bond donors (Lipinski definition) is 2. The summed E-state index contributed by atoms with van der Waals surface area (Å²) in [6.07, 6.45) is 1.31. The van der Waals surface area contributed by atoms with Crippen LogP contribution in [0.2, 0.25) is 5.02 Å². The number of benzene rings is 2. The molecule has 170 valence electrons. The number of furan rings is 1. The fourth-order valence-electron chi connectivity index (χ4n) is 3.96. The Balaban J connectivity index is 1.55. The van der Waals surface area contributed by atoms with E-state index in [0.717, 1.165) is 21.9 Å². The SMILES string of the molecule is Cc1coc2cc3oc(=O)c(CC(=O)NCC(CC(=O)O)c4ccc(Cl)cc4)c(C)c3cc12. The first-order valence-corrected chi connectivity index (χ1v) is 10.8. The molecular formula is C25H22ClNO6. The second kappa shape index (κ2) is 9.11. The summed E-state index contributed by atoms with van der Waals surface area (Å²) >= 11 is 5.92. The van der Waals surface area contributed by atoms with E-state index in [4.69, 9.17) is 20.4 Å². The normalized spacial score (nSPS) is 12.2. The van der Waals surface area contributed by atoms with Crippen LogP contribution in [-0.2, 0) is 16.0 Å². The van der Waals surface area contributed by atoms with Gasteiger partial charge in [-0.15, -0.1) is 0 Å². The van der Waals surface area contributed by atoms with Crippen molar-refractivity contribution in [2.45, 2.75) is 32.6 Å². The summed E-state index contributed by atoms with van der Waals surface area (Å²) < 4.78 is 10.9. The zero-order valence-corrected chi connectivity index (χ0v) is 18.9. The van der Waals surface area contributed by atoms with Crippen molar-refractivity contribution in [2.24, 2.45) is 0 Å². The van der Waals surface area contributed by atoms with Gasteiger partial charge in [0, 0.05) is 34.3 Å². The second-order valence-corrected chi connectivity index (χ2v) is 8.52. The van der Waals surface area contributed by atoms with Gasteiger partial charge in [-0.05, 0) is 48.7 Å². The molecule has 2 aromatic carbocycles. The van der Waals surface area contributed by atoms with Crippen LogP contribution in [0.15, 0.2) is 56.3 Å². The molecule has 1 atom stereocenters. The van der Waals surface area contributed by atoms with Crippen molar-refractivity contribution in [1.82, 2.24) is 5.32 Å². The molecule has 2 aromatic heterocycles. The van der Waals surface area contributed by atoms with Gasteiger partial charge in [-0.1, -0.05) is 23.7 Å². The van der Waals surface area contributed by atoms with E-state index in [1.54, 1.807) is 43.5 Å². The van der Waals surface area contributed by atoms with Crippen molar-refractivity contribution in [3.63, 3.8) is 0 Å². The lowest BCUT2D eigenvalue weighted by molar-refractivity contribution is -0.137. The maximum Gasteiger partial charge on any atom is 0.340 e. The minimum atomic E-state index is -0.976. The molecule has 33 heavy (non-hydrogen) atoms. The molecule has 0 spiro atoms. The van der Waals surface area contributed by atoms with Gasteiger partial charge in [0.15, 0.2) is 0 Å². The summed E-state index contributed by atoms with van der Waals surface area (Å²) in [5.74, 6) is -1.80. The van der Waals surface area contributed by atoms with Crippen LogP contribution in [0.5, 0.6) is 0 Å². The first kappa shape index (κ1) is 22.6. The monoisotopic (exact) mass is 467 g/mol. The Hall–Kier alpha value is -3.58. The minimum Gasteiger partial charge on any atom is -0.481 e. The molecule has 0 saturated heterocycles. The van der Waals surface area contributed by atoms with Crippen LogP contribution >= 0.6 is 11.6 Å². The van der Waals surface area contributed by atoms with Gasteiger partial charge in [0.25, 0.3) is 0 Å². The highest BCUT2D eigenvalue weighted by atomic mass is 35.5. The molecule has 2 heterocycles. The highest BCUT2D eigenvalue weighted by Crippen LogP contribution is 2.29. The molecule has 1 amide bonds. The number of carbonyl (C=O) groups excluding carboxylic acids is 1. The van der Waals surface area contributed by atoms with E-state index in [-0.39, 0.29) is 24.9 Å². The summed E-state index contributed by atoms with van der Waals surface area (Å²) in [5.41, 5.74) is 3.08. The lowest BCUT2D eigenvalue weighted by atomic mass is 9.95. The molecule has 4 aromatic rings. The molecule has 1 unspecified atom stereocenters. The first-order chi connectivity index (χ1) is 15.7. The second-order valence-electron chi connectivity index (χ2n) is 8.08. The molecule has 0 aliphatic heterocycles. The number of aliphatic carboxylic acids is 1. The summed E-state index contributed by atoms with van der Waals surface area (Å²) in [6, 6.07) is 10.4. The Morgan fingerprint density at radius 1 is 1.09 bits per heavy atom. The van der Waals surface area contributed by atoms with Crippen LogP contribution in [0.4, 0.5) is 0 Å². The van der Waals surface area contributed by atoms with Gasteiger partial charge in [0.1, 0.15) is 11.2 Å². The Morgan fingerprint density at radius 2 is 1.82 bits per heavy atom. The molecule has 0 radical (unpaired) electrons. The van der Waals surface area contributed by atoms with Crippen molar-refractivity contribution in [3.8, 4) is 0 Å². The van der Waals surface area contributed by atoms with E-state index in [1.807, 2.05) is 13.0 Å². The standard InChI is InChI=1S/C25H22ClNO6/c1-13-12-32-21-10-22-19(8-18(13)21)14(2)20(25(31)33-22)9-23(28)27-11-16(7-24(29)30)15-3-5-17(26)6-4-15/h3-6,8,10,12,16H,7,9,11H2,1-2H3,(H,27,28)(H,29,30). The zero-order valence-electron chi connectivity index (χ0n) is 18.1. The largest absolute Gasteiger partial charge is 0.481 e. The van der Waals surface area contributed by atoms with Crippen LogP contribution in [0.25, 0.3) is 21.9 Å². The van der Waals surface area contributed by atoms with E-state index in [9.17, 15) is 19.5 Å². The number of halogens is 1. The number of rotatable bonds is 7. The summed E-state index contributed by atoms with van der Waals surface area (Å²) in [7, 11) is 0. The average Bonchev–Trinajstić information content (AvgIpc) is 3.13. The molecule has 8 heteroatoms. The van der Waals surface area contributed by atoms with Gasteiger partial charge >= 0.3 is 11.6 Å². The highest BCUT2D eigenvalue weighted by Gasteiger charge is 2.20. The summed E-state index contributed by atoms with van der Waals surface area (Å²) in [6.45, 7) is 3.82. The maximum absolute atomic E-state index is 12.7. The topological polar surface area (TPSA) is 110 Å². The van der Waals surface area contributed by atoms with Crippen LogP contribution in [0, 0.1) is 13.8 Å². The predicted octanol–water partition coefficient (Wildman–Crippen LogP) is 4.73. The Morgan fingerprint density at radius 3 is 2.52 bits per heavy atom. The average molecular weight is 468 g/mol. The van der Waals surface area contributed by atoms with Crippen LogP contribution in [0.1, 0.15) is 34.6 Å². The third kappa shape index (κ3) is 4.78. The van der Waals surface area contributed by atoms with Crippen molar-refractivity contribution in [2.75, 3.05) is 6.54 Å². The Kier molecular flexibility index (Phi) is 6.24. The predicted molar refractivity (Wildman–Crippen MR) is 125 cm³/mol.